The van der Waals surface area contributed by atoms with Crippen LogP contribution in [0.1, 0.15) is 96.6 Å². The van der Waals surface area contributed by atoms with Gasteiger partial charge in [-0.2, -0.15) is 0 Å². The molecule has 3 aliphatic carbocycles. The van der Waals surface area contributed by atoms with Crippen LogP contribution < -0.4 is 9.47 Å². The first-order chi connectivity index (χ1) is 22.2. The van der Waals surface area contributed by atoms with Crippen LogP contribution in [0.25, 0.3) is 10.8 Å². The largest absolute Gasteiger partial charge is 0.493 e. The van der Waals surface area contributed by atoms with Crippen molar-refractivity contribution in [2.75, 3.05) is 13.7 Å². The average Bonchev–Trinajstić information content (AvgIpc) is 3.03. The zero-order valence-electron chi connectivity index (χ0n) is 29.4. The van der Waals surface area contributed by atoms with E-state index in [2.05, 4.69) is 33.8 Å². The van der Waals surface area contributed by atoms with Crippen LogP contribution in [0.3, 0.4) is 0 Å². The Morgan fingerprint density at radius 3 is 2.43 bits per heavy atom. The van der Waals surface area contributed by atoms with Crippen LogP contribution in [0.15, 0.2) is 24.3 Å². The second-order valence-corrected chi connectivity index (χ2v) is 16.3. The topological polar surface area (TPSA) is 115 Å². The lowest BCUT2D eigenvalue weighted by molar-refractivity contribution is -0.280. The number of aryl methyl sites for hydroxylation is 2. The third-order valence-corrected chi connectivity index (χ3v) is 13.0. The highest BCUT2D eigenvalue weighted by Gasteiger charge is 2.63. The van der Waals surface area contributed by atoms with Gasteiger partial charge in [-0.05, 0) is 116 Å². The van der Waals surface area contributed by atoms with Gasteiger partial charge in [0.2, 0.25) is 6.29 Å². The van der Waals surface area contributed by atoms with Crippen LogP contribution in [0.4, 0.5) is 0 Å². The van der Waals surface area contributed by atoms with Gasteiger partial charge in [0, 0.05) is 0 Å². The number of aliphatic hydroxyl groups excluding tert-OH is 3. The molecule has 2 aromatic rings. The smallest absolute Gasteiger partial charge is 0.312 e. The maximum Gasteiger partial charge on any atom is 0.312 e. The molecule has 6 unspecified atom stereocenters. The van der Waals surface area contributed by atoms with E-state index >= 15 is 0 Å². The van der Waals surface area contributed by atoms with Gasteiger partial charge in [-0.3, -0.25) is 4.79 Å². The summed E-state index contributed by atoms with van der Waals surface area (Å²) in [5.74, 6) is 1.61. The van der Waals surface area contributed by atoms with Crippen molar-refractivity contribution in [3.05, 3.63) is 35.4 Å². The van der Waals surface area contributed by atoms with Gasteiger partial charge in [-0.15, -0.1) is 0 Å². The van der Waals surface area contributed by atoms with E-state index in [-0.39, 0.29) is 29.8 Å². The highest BCUT2D eigenvalue weighted by atomic mass is 16.7. The summed E-state index contributed by atoms with van der Waals surface area (Å²) in [7, 11) is 1.54. The number of carbonyl (C=O) groups is 1. The van der Waals surface area contributed by atoms with Crippen molar-refractivity contribution in [1.82, 2.24) is 0 Å². The van der Waals surface area contributed by atoms with E-state index in [0.717, 1.165) is 79.7 Å². The van der Waals surface area contributed by atoms with Crippen LogP contribution >= 0.6 is 0 Å². The van der Waals surface area contributed by atoms with Crippen molar-refractivity contribution in [3.63, 3.8) is 0 Å². The minimum absolute atomic E-state index is 0.0316. The SMILES string of the molecule is CC[C@@]1(C)CC[C@H]2[C@@H](CC[C@H]3C(C)(C)CCCC23C(=O)OCC2OC(Oc3cc4cc(C)cc(C)c4cc3OC)C(O)C(O)C2O)C1. The van der Waals surface area contributed by atoms with E-state index < -0.39 is 36.1 Å². The average molecular weight is 653 g/mol. The maximum atomic E-state index is 14.5. The maximum absolute atomic E-state index is 14.5. The predicted octanol–water partition coefficient (Wildman–Crippen LogP) is 6.63. The molecule has 0 spiro atoms. The van der Waals surface area contributed by atoms with Crippen molar-refractivity contribution in [2.45, 2.75) is 130 Å². The Morgan fingerprint density at radius 1 is 0.936 bits per heavy atom. The number of methoxy groups -OCH3 is 1. The standard InChI is InChI=1S/C39H56O8/c1-8-38(6)15-12-27-24(20-38)10-11-31-37(4,5)13-9-14-39(27,31)36(43)45-21-30-32(40)33(41)34(42)35(47-30)46-29-18-25-17-22(2)16-23(3)26(25)19-28(29)44-7/h16-19,24,27,30-35,40-42H,8-15,20-21H2,1-7H3/t24-,27-,30?,31-,32?,33?,34?,35?,38-,39?/m0/s1. The lowest BCUT2D eigenvalue weighted by Gasteiger charge is -2.61. The number of hydrogen-bond donors (Lipinski definition) is 3. The molecular weight excluding hydrogens is 596 g/mol. The zero-order valence-corrected chi connectivity index (χ0v) is 29.4. The highest BCUT2D eigenvalue weighted by Crippen LogP contribution is 2.66. The van der Waals surface area contributed by atoms with E-state index in [1.165, 1.54) is 0 Å². The van der Waals surface area contributed by atoms with Crippen LogP contribution in [-0.4, -0.2) is 65.7 Å². The fourth-order valence-corrected chi connectivity index (χ4v) is 10.2. The van der Waals surface area contributed by atoms with E-state index in [0.29, 0.717) is 22.8 Å². The number of rotatable bonds is 7. The fourth-order valence-electron chi connectivity index (χ4n) is 10.2. The number of aliphatic hydroxyl groups is 3. The van der Waals surface area contributed by atoms with E-state index in [9.17, 15) is 20.1 Å². The highest BCUT2D eigenvalue weighted by molar-refractivity contribution is 5.89. The lowest BCUT2D eigenvalue weighted by atomic mass is 9.42. The fraction of sp³-hybridized carbons (Fsp3) is 0.718. The number of esters is 1. The first-order valence-corrected chi connectivity index (χ1v) is 17.9. The van der Waals surface area contributed by atoms with Crippen molar-refractivity contribution in [3.8, 4) is 11.5 Å². The van der Waals surface area contributed by atoms with E-state index in [4.69, 9.17) is 18.9 Å². The second-order valence-electron chi connectivity index (χ2n) is 16.3. The Hall–Kier alpha value is -2.39. The van der Waals surface area contributed by atoms with Gasteiger partial charge in [0.25, 0.3) is 0 Å². The van der Waals surface area contributed by atoms with E-state index in [1.54, 1.807) is 7.11 Å². The molecule has 47 heavy (non-hydrogen) atoms. The molecule has 0 aromatic heterocycles. The molecule has 3 N–H and O–H groups in total. The minimum Gasteiger partial charge on any atom is -0.493 e. The summed E-state index contributed by atoms with van der Waals surface area (Å²) in [5, 5.41) is 34.8. The Morgan fingerprint density at radius 2 is 1.70 bits per heavy atom. The zero-order chi connectivity index (χ0) is 33.9. The molecule has 0 amide bonds. The first-order valence-electron chi connectivity index (χ1n) is 17.9. The Labute approximate surface area is 280 Å². The molecule has 10 atom stereocenters. The van der Waals surface area contributed by atoms with Crippen molar-refractivity contribution >= 4 is 16.7 Å². The molecule has 0 radical (unpaired) electrons. The van der Waals surface area contributed by atoms with Crippen LogP contribution in [0.5, 0.6) is 11.5 Å². The minimum atomic E-state index is -1.56. The third-order valence-electron chi connectivity index (χ3n) is 13.0. The van der Waals surface area contributed by atoms with Crippen LogP contribution in [-0.2, 0) is 14.3 Å². The quantitative estimate of drug-likeness (QED) is 0.286. The normalized spacial score (nSPS) is 38.3. The lowest BCUT2D eigenvalue weighted by Crippen LogP contribution is -2.61. The van der Waals surface area contributed by atoms with Gasteiger partial charge in [0.15, 0.2) is 11.5 Å². The second kappa shape index (κ2) is 12.8. The van der Waals surface area contributed by atoms with Gasteiger partial charge in [0.05, 0.1) is 12.5 Å². The monoisotopic (exact) mass is 652 g/mol. The third kappa shape index (κ3) is 6.06. The Bertz CT molecular complexity index is 1470. The van der Waals surface area contributed by atoms with Gasteiger partial charge >= 0.3 is 5.97 Å². The van der Waals surface area contributed by atoms with Gasteiger partial charge < -0.3 is 34.3 Å². The molecule has 8 nitrogen and oxygen atoms in total. The number of ether oxygens (including phenoxy) is 4. The predicted molar refractivity (Wildman–Crippen MR) is 180 cm³/mol. The molecule has 1 saturated heterocycles. The van der Waals surface area contributed by atoms with Crippen LogP contribution in [0.2, 0.25) is 0 Å². The summed E-state index contributed by atoms with van der Waals surface area (Å²) < 4.78 is 24.1. The summed E-state index contributed by atoms with van der Waals surface area (Å²) in [6.07, 6.45) is 2.61. The number of fused-ring (bicyclic) bond motifs is 4. The molecule has 2 aromatic carbocycles. The summed E-state index contributed by atoms with van der Waals surface area (Å²) >= 11 is 0. The van der Waals surface area contributed by atoms with Crippen molar-refractivity contribution in [1.29, 1.82) is 0 Å². The molecule has 4 fully saturated rings. The molecule has 4 aliphatic rings. The summed E-state index contributed by atoms with van der Waals surface area (Å²) in [4.78, 5) is 14.5. The van der Waals surface area contributed by atoms with Crippen molar-refractivity contribution < 1.29 is 39.1 Å². The summed E-state index contributed by atoms with van der Waals surface area (Å²) in [5.41, 5.74) is 1.98. The molecule has 8 heteroatoms. The summed E-state index contributed by atoms with van der Waals surface area (Å²) in [6.45, 7) is 13.1. The number of benzene rings is 2. The van der Waals surface area contributed by atoms with Gasteiger partial charge in [-0.1, -0.05) is 58.2 Å². The van der Waals surface area contributed by atoms with Gasteiger partial charge in [0.1, 0.15) is 31.0 Å². The Balaban J connectivity index is 1.23. The van der Waals surface area contributed by atoms with Gasteiger partial charge in [-0.25, -0.2) is 0 Å². The Kier molecular flexibility index (Phi) is 9.40. The molecular formula is C39H56O8. The molecule has 1 heterocycles. The number of carbonyl (C=O) groups excluding carboxylic acids is 1. The first kappa shape index (κ1) is 34.5. The molecule has 1 aliphatic heterocycles. The van der Waals surface area contributed by atoms with Crippen molar-refractivity contribution in [2.24, 2.45) is 34.0 Å². The number of hydrogen-bond acceptors (Lipinski definition) is 8. The molecule has 0 bridgehead atoms. The molecule has 3 saturated carbocycles. The molecule has 6 rings (SSSR count). The summed E-state index contributed by atoms with van der Waals surface area (Å²) in [6, 6.07) is 7.85. The van der Waals surface area contributed by atoms with E-state index in [1.807, 2.05) is 32.0 Å². The van der Waals surface area contributed by atoms with Crippen LogP contribution in [0, 0.1) is 47.8 Å². The molecule has 260 valence electrons.